The quantitative estimate of drug-likeness (QED) is 0.787. The van der Waals surface area contributed by atoms with E-state index in [0.29, 0.717) is 18.0 Å². The highest BCUT2D eigenvalue weighted by atomic mass is 16.5. The molecule has 1 N–H and O–H groups in total. The summed E-state index contributed by atoms with van der Waals surface area (Å²) in [5.41, 5.74) is 4.03. The molecule has 3 aromatic rings. The van der Waals surface area contributed by atoms with Crippen LogP contribution < -0.4 is 9.47 Å². The molecule has 3 heterocycles. The first-order chi connectivity index (χ1) is 12.6. The summed E-state index contributed by atoms with van der Waals surface area (Å²) in [4.78, 5) is 22.1. The van der Waals surface area contributed by atoms with Gasteiger partial charge in [-0.25, -0.2) is 4.98 Å². The average molecular weight is 351 g/mol. The smallest absolute Gasteiger partial charge is 0.220 e. The Labute approximate surface area is 151 Å². The summed E-state index contributed by atoms with van der Waals surface area (Å²) in [6, 6.07) is 9.53. The number of rotatable bonds is 3. The monoisotopic (exact) mass is 351 g/mol. The standard InChI is InChI=1S/C20H21N3O3/c1-12(24)23-8-6-16-17-5-4-7-21-20(17)22-18(16)19(23)13-9-14(25-2)11-15(10-13)26-3/h4-5,7,9-11,19H,6,8H2,1-3H3,(H,21,22). The van der Waals surface area contributed by atoms with E-state index in [-0.39, 0.29) is 11.9 Å². The van der Waals surface area contributed by atoms with E-state index in [9.17, 15) is 4.79 Å². The highest BCUT2D eigenvalue weighted by molar-refractivity contribution is 5.83. The lowest BCUT2D eigenvalue weighted by Crippen LogP contribution is -2.39. The molecular weight excluding hydrogens is 330 g/mol. The van der Waals surface area contributed by atoms with Crippen LogP contribution in [0.2, 0.25) is 0 Å². The second-order valence-corrected chi connectivity index (χ2v) is 6.43. The molecule has 0 saturated carbocycles. The van der Waals surface area contributed by atoms with Crippen LogP contribution in [0.3, 0.4) is 0 Å². The van der Waals surface area contributed by atoms with Gasteiger partial charge in [-0.05, 0) is 41.8 Å². The summed E-state index contributed by atoms with van der Waals surface area (Å²) < 4.78 is 10.8. The number of H-pyrrole nitrogens is 1. The number of nitrogens with zero attached hydrogens (tertiary/aromatic N) is 2. The second kappa shape index (κ2) is 6.37. The molecule has 1 aromatic carbocycles. The maximum Gasteiger partial charge on any atom is 0.220 e. The van der Waals surface area contributed by atoms with Crippen molar-refractivity contribution < 1.29 is 14.3 Å². The van der Waals surface area contributed by atoms with E-state index in [1.54, 1.807) is 27.3 Å². The van der Waals surface area contributed by atoms with Gasteiger partial charge in [0.1, 0.15) is 17.1 Å². The lowest BCUT2D eigenvalue weighted by molar-refractivity contribution is -0.130. The normalized spacial score (nSPS) is 16.4. The summed E-state index contributed by atoms with van der Waals surface area (Å²) in [5, 5.41) is 1.12. The summed E-state index contributed by atoms with van der Waals surface area (Å²) in [7, 11) is 3.25. The van der Waals surface area contributed by atoms with Crippen molar-refractivity contribution in [2.45, 2.75) is 19.4 Å². The minimum atomic E-state index is -0.227. The largest absolute Gasteiger partial charge is 0.497 e. The summed E-state index contributed by atoms with van der Waals surface area (Å²) >= 11 is 0. The number of pyridine rings is 1. The first-order valence-electron chi connectivity index (χ1n) is 8.58. The fourth-order valence-electron chi connectivity index (χ4n) is 3.79. The molecule has 0 aliphatic carbocycles. The number of benzene rings is 1. The van der Waals surface area contributed by atoms with Gasteiger partial charge in [0, 0.05) is 36.8 Å². The molecule has 26 heavy (non-hydrogen) atoms. The Bertz CT molecular complexity index is 957. The van der Waals surface area contributed by atoms with Gasteiger partial charge in [0.15, 0.2) is 0 Å². The summed E-state index contributed by atoms with van der Waals surface area (Å²) in [5.74, 6) is 1.43. The molecule has 1 aliphatic rings. The van der Waals surface area contributed by atoms with Crippen molar-refractivity contribution in [1.82, 2.24) is 14.9 Å². The molecule has 0 bridgehead atoms. The van der Waals surface area contributed by atoms with Crippen LogP contribution in [-0.2, 0) is 11.2 Å². The Balaban J connectivity index is 1.94. The van der Waals surface area contributed by atoms with Crippen LogP contribution in [0.25, 0.3) is 11.0 Å². The molecule has 0 saturated heterocycles. The maximum atomic E-state index is 12.4. The number of amides is 1. The van der Waals surface area contributed by atoms with Gasteiger partial charge < -0.3 is 19.4 Å². The van der Waals surface area contributed by atoms with Crippen molar-refractivity contribution >= 4 is 16.9 Å². The molecule has 0 radical (unpaired) electrons. The first-order valence-corrected chi connectivity index (χ1v) is 8.58. The second-order valence-electron chi connectivity index (χ2n) is 6.43. The van der Waals surface area contributed by atoms with Crippen molar-refractivity contribution in [3.8, 4) is 11.5 Å². The zero-order valence-corrected chi connectivity index (χ0v) is 15.1. The lowest BCUT2D eigenvalue weighted by atomic mass is 9.92. The summed E-state index contributed by atoms with van der Waals surface area (Å²) in [6.45, 7) is 2.27. The van der Waals surface area contributed by atoms with Gasteiger partial charge in [-0.15, -0.1) is 0 Å². The van der Waals surface area contributed by atoms with Crippen LogP contribution in [0.5, 0.6) is 11.5 Å². The molecule has 1 aliphatic heterocycles. The van der Waals surface area contributed by atoms with E-state index in [4.69, 9.17) is 9.47 Å². The number of hydrogen-bond donors (Lipinski definition) is 1. The van der Waals surface area contributed by atoms with Gasteiger partial charge >= 0.3 is 0 Å². The maximum absolute atomic E-state index is 12.4. The molecule has 6 heteroatoms. The Kier molecular flexibility index (Phi) is 4.03. The number of ether oxygens (including phenoxy) is 2. The molecule has 4 rings (SSSR count). The molecule has 0 fully saturated rings. The van der Waals surface area contributed by atoms with E-state index >= 15 is 0 Å². The number of aromatic amines is 1. The third-order valence-electron chi connectivity index (χ3n) is 4.99. The zero-order chi connectivity index (χ0) is 18.3. The van der Waals surface area contributed by atoms with Crippen molar-refractivity contribution in [2.75, 3.05) is 20.8 Å². The number of carbonyl (C=O) groups excluding carboxylic acids is 1. The predicted octanol–water partition coefficient (Wildman–Crippen LogP) is 3.07. The highest BCUT2D eigenvalue weighted by Gasteiger charge is 2.33. The summed E-state index contributed by atoms with van der Waals surface area (Å²) in [6.07, 6.45) is 2.58. The fourth-order valence-corrected chi connectivity index (χ4v) is 3.79. The molecule has 1 amide bonds. The third-order valence-corrected chi connectivity index (χ3v) is 4.99. The predicted molar refractivity (Wildman–Crippen MR) is 98.6 cm³/mol. The number of hydrogen-bond acceptors (Lipinski definition) is 4. The van der Waals surface area contributed by atoms with Gasteiger partial charge in [-0.2, -0.15) is 0 Å². The number of fused-ring (bicyclic) bond motifs is 3. The fraction of sp³-hybridized carbons (Fsp3) is 0.300. The van der Waals surface area contributed by atoms with Gasteiger partial charge in [-0.3, -0.25) is 4.79 Å². The number of nitrogens with one attached hydrogen (secondary N) is 1. The van der Waals surface area contributed by atoms with Crippen molar-refractivity contribution in [3.63, 3.8) is 0 Å². The van der Waals surface area contributed by atoms with Crippen LogP contribution in [0, 0.1) is 0 Å². The van der Waals surface area contributed by atoms with Gasteiger partial charge in [-0.1, -0.05) is 0 Å². The number of methoxy groups -OCH3 is 2. The minimum absolute atomic E-state index is 0.0362. The first kappa shape index (κ1) is 16.4. The van der Waals surface area contributed by atoms with E-state index in [0.717, 1.165) is 28.7 Å². The third kappa shape index (κ3) is 2.58. The highest BCUT2D eigenvalue weighted by Crippen LogP contribution is 2.40. The lowest BCUT2D eigenvalue weighted by Gasteiger charge is -2.35. The van der Waals surface area contributed by atoms with Crippen LogP contribution >= 0.6 is 0 Å². The van der Waals surface area contributed by atoms with Crippen LogP contribution in [0.4, 0.5) is 0 Å². The Morgan fingerprint density at radius 2 is 1.96 bits per heavy atom. The van der Waals surface area contributed by atoms with E-state index in [2.05, 4.69) is 16.0 Å². The van der Waals surface area contributed by atoms with Crippen molar-refractivity contribution in [3.05, 3.63) is 53.3 Å². The Morgan fingerprint density at radius 1 is 1.23 bits per heavy atom. The number of carbonyl (C=O) groups is 1. The molecular formula is C20H21N3O3. The number of aromatic nitrogens is 2. The van der Waals surface area contributed by atoms with Crippen LogP contribution in [0.15, 0.2) is 36.5 Å². The van der Waals surface area contributed by atoms with Gasteiger partial charge in [0.05, 0.1) is 20.3 Å². The van der Waals surface area contributed by atoms with Crippen LogP contribution in [-0.4, -0.2) is 41.5 Å². The van der Waals surface area contributed by atoms with Crippen LogP contribution in [0.1, 0.15) is 29.8 Å². The minimum Gasteiger partial charge on any atom is -0.497 e. The zero-order valence-electron chi connectivity index (χ0n) is 15.1. The molecule has 1 unspecified atom stereocenters. The van der Waals surface area contributed by atoms with Crippen molar-refractivity contribution in [1.29, 1.82) is 0 Å². The molecule has 1 atom stereocenters. The Hall–Kier alpha value is -3.02. The molecule has 6 nitrogen and oxygen atoms in total. The SMILES string of the molecule is COc1cc(OC)cc(C2c3[nH]c4ncccc4c3CCN2C(C)=O)c1. The molecule has 0 spiro atoms. The van der Waals surface area contributed by atoms with E-state index in [1.807, 2.05) is 29.2 Å². The molecule has 2 aromatic heterocycles. The Morgan fingerprint density at radius 3 is 2.62 bits per heavy atom. The average Bonchev–Trinajstić information content (AvgIpc) is 3.05. The van der Waals surface area contributed by atoms with Gasteiger partial charge in [0.25, 0.3) is 0 Å². The van der Waals surface area contributed by atoms with Crippen molar-refractivity contribution in [2.24, 2.45) is 0 Å². The molecule has 134 valence electrons. The topological polar surface area (TPSA) is 67.5 Å². The van der Waals surface area contributed by atoms with Gasteiger partial charge in [0.2, 0.25) is 5.91 Å². The van der Waals surface area contributed by atoms with E-state index < -0.39 is 0 Å². The van der Waals surface area contributed by atoms with E-state index in [1.165, 1.54) is 5.56 Å².